The molecule has 160 valence electrons. The van der Waals surface area contributed by atoms with Gasteiger partial charge in [-0.05, 0) is 49.2 Å². The fourth-order valence-corrected chi connectivity index (χ4v) is 2.80. The summed E-state index contributed by atoms with van der Waals surface area (Å²) in [5.74, 6) is -0.440. The number of esters is 1. The first-order valence-electron chi connectivity index (χ1n) is 8.99. The number of fused-ring (bicyclic) bond motifs is 1. The molecule has 2 heterocycles. The van der Waals surface area contributed by atoms with Gasteiger partial charge in [-0.15, -0.1) is 0 Å². The van der Waals surface area contributed by atoms with Crippen LogP contribution in [0.25, 0.3) is 11.3 Å². The van der Waals surface area contributed by atoms with Crippen LogP contribution in [-0.4, -0.2) is 42.1 Å². The van der Waals surface area contributed by atoms with Gasteiger partial charge in [-0.2, -0.15) is 13.2 Å². The van der Waals surface area contributed by atoms with Crippen molar-refractivity contribution in [2.24, 2.45) is 9.98 Å². The zero-order valence-electron chi connectivity index (χ0n) is 16.4. The second kappa shape index (κ2) is 9.24. The Hall–Kier alpha value is -3.95. The van der Waals surface area contributed by atoms with Gasteiger partial charge in [0.15, 0.2) is 5.69 Å². The minimum absolute atomic E-state index is 0.0165. The number of hydrogen-bond donors (Lipinski definition) is 1. The van der Waals surface area contributed by atoms with E-state index in [2.05, 4.69) is 31.7 Å². The molecule has 0 unspecified atom stereocenters. The lowest BCUT2D eigenvalue weighted by Gasteiger charge is -2.07. The molecule has 0 fully saturated rings. The van der Waals surface area contributed by atoms with Crippen LogP contribution < -0.4 is 5.32 Å². The Labute approximate surface area is 175 Å². The average Bonchev–Trinajstić information content (AvgIpc) is 3.16. The van der Waals surface area contributed by atoms with Crippen LogP contribution in [0.15, 0.2) is 64.7 Å². The lowest BCUT2D eigenvalue weighted by molar-refractivity contribution is -0.141. The highest BCUT2D eigenvalue weighted by Crippen LogP contribution is 2.35. The van der Waals surface area contributed by atoms with E-state index < -0.39 is 17.8 Å². The number of aliphatic imine (C=N–C) groups is 2. The number of rotatable bonds is 7. The third-order valence-corrected chi connectivity index (χ3v) is 4.23. The molecule has 1 aromatic carbocycles. The molecule has 3 rings (SSSR count). The number of carbonyl (C=O) groups excluding carboxylic acids is 1. The molecule has 2 aromatic heterocycles. The molecule has 7 nitrogen and oxygen atoms in total. The predicted molar refractivity (Wildman–Crippen MR) is 112 cm³/mol. The number of anilines is 1. The van der Waals surface area contributed by atoms with Crippen LogP contribution in [0.5, 0.6) is 0 Å². The van der Waals surface area contributed by atoms with Crippen molar-refractivity contribution in [1.82, 2.24) is 9.38 Å². The number of nitrogens with one attached hydrogen (secondary N) is 1. The molecular formula is C21H18F3N5O2. The van der Waals surface area contributed by atoms with Gasteiger partial charge < -0.3 is 10.1 Å². The quantitative estimate of drug-likeness (QED) is 0.448. The van der Waals surface area contributed by atoms with Gasteiger partial charge in [0, 0.05) is 18.1 Å². The zero-order valence-corrected chi connectivity index (χ0v) is 16.4. The fourth-order valence-electron chi connectivity index (χ4n) is 2.80. The van der Waals surface area contributed by atoms with E-state index in [4.69, 9.17) is 0 Å². The van der Waals surface area contributed by atoms with Crippen LogP contribution in [0.1, 0.15) is 21.7 Å². The summed E-state index contributed by atoms with van der Waals surface area (Å²) >= 11 is 0. The fraction of sp³-hybridized carbons (Fsp3) is 0.143. The number of allylic oxidation sites excluding steroid dienone is 1. The Morgan fingerprint density at radius 2 is 2.00 bits per heavy atom. The number of alkyl halides is 3. The van der Waals surface area contributed by atoms with Crippen molar-refractivity contribution in [2.75, 3.05) is 19.1 Å². The first kappa shape index (κ1) is 21.8. The predicted octanol–water partition coefficient (Wildman–Crippen LogP) is 4.32. The Morgan fingerprint density at radius 3 is 2.65 bits per heavy atom. The molecule has 0 saturated heterocycles. The minimum atomic E-state index is -4.65. The van der Waals surface area contributed by atoms with Crippen molar-refractivity contribution in [2.45, 2.75) is 6.18 Å². The zero-order chi connectivity index (χ0) is 22.4. The van der Waals surface area contributed by atoms with Crippen LogP contribution in [0.3, 0.4) is 0 Å². The number of methoxy groups -OCH3 is 1. The monoisotopic (exact) mass is 429 g/mol. The molecule has 0 radical (unpaired) electrons. The Balaban J connectivity index is 1.76. The number of ether oxygens (including phenoxy) is 1. The van der Waals surface area contributed by atoms with Crippen LogP contribution in [-0.2, 0) is 10.9 Å². The normalized spacial score (nSPS) is 12.3. The third kappa shape index (κ3) is 4.97. The van der Waals surface area contributed by atoms with Gasteiger partial charge in [0.25, 0.3) is 0 Å². The number of benzene rings is 1. The van der Waals surface area contributed by atoms with E-state index in [0.29, 0.717) is 11.3 Å². The SMILES string of the molecule is C=N/C(=C\C=N/CNc1ccc(C(=O)OC)cc1)c1c(C(F)(F)F)nc2ccccn12. The molecule has 0 aliphatic carbocycles. The summed E-state index contributed by atoms with van der Waals surface area (Å²) in [5.41, 5.74) is -0.0113. The molecule has 0 aliphatic heterocycles. The van der Waals surface area contributed by atoms with Crippen molar-refractivity contribution < 1.29 is 22.7 Å². The number of hydrogen-bond acceptors (Lipinski definition) is 6. The molecule has 31 heavy (non-hydrogen) atoms. The average molecular weight is 429 g/mol. The number of nitrogens with zero attached hydrogens (tertiary/aromatic N) is 4. The van der Waals surface area contributed by atoms with E-state index in [-0.39, 0.29) is 23.7 Å². The summed E-state index contributed by atoms with van der Waals surface area (Å²) in [6.07, 6.45) is -0.508. The minimum Gasteiger partial charge on any atom is -0.465 e. The summed E-state index contributed by atoms with van der Waals surface area (Å²) in [5, 5.41) is 3.00. The molecule has 0 amide bonds. The third-order valence-electron chi connectivity index (χ3n) is 4.23. The Bertz CT molecular complexity index is 1150. The maximum atomic E-state index is 13.5. The molecule has 0 saturated carbocycles. The van der Waals surface area contributed by atoms with Gasteiger partial charge in [0.1, 0.15) is 18.0 Å². The number of halogens is 3. The van der Waals surface area contributed by atoms with Crippen LogP contribution in [0, 0.1) is 0 Å². The van der Waals surface area contributed by atoms with Gasteiger partial charge in [-0.25, -0.2) is 9.78 Å². The van der Waals surface area contributed by atoms with Gasteiger partial charge in [0.2, 0.25) is 0 Å². The van der Waals surface area contributed by atoms with Crippen molar-refractivity contribution in [3.05, 3.63) is 71.7 Å². The number of aromatic nitrogens is 2. The first-order valence-corrected chi connectivity index (χ1v) is 8.99. The second-order valence-electron chi connectivity index (χ2n) is 6.18. The Kier molecular flexibility index (Phi) is 6.49. The lowest BCUT2D eigenvalue weighted by atomic mass is 10.2. The van der Waals surface area contributed by atoms with Gasteiger partial charge in [-0.3, -0.25) is 14.4 Å². The van der Waals surface area contributed by atoms with E-state index in [9.17, 15) is 18.0 Å². The molecule has 0 aliphatic rings. The van der Waals surface area contributed by atoms with Crippen molar-refractivity contribution >= 4 is 35.9 Å². The molecule has 0 bridgehead atoms. The molecule has 3 aromatic rings. The Morgan fingerprint density at radius 1 is 1.26 bits per heavy atom. The maximum Gasteiger partial charge on any atom is 0.435 e. The number of pyridine rings is 1. The smallest absolute Gasteiger partial charge is 0.435 e. The highest BCUT2D eigenvalue weighted by atomic mass is 19.4. The van der Waals surface area contributed by atoms with E-state index in [0.717, 1.165) is 0 Å². The molecule has 0 atom stereocenters. The summed E-state index contributed by atoms with van der Waals surface area (Å²) in [6, 6.07) is 11.2. The molecule has 10 heteroatoms. The summed E-state index contributed by atoms with van der Waals surface area (Å²) in [7, 11) is 1.30. The topological polar surface area (TPSA) is 80.3 Å². The molecule has 1 N–H and O–H groups in total. The second-order valence-corrected chi connectivity index (χ2v) is 6.18. The van der Waals surface area contributed by atoms with Gasteiger partial charge in [-0.1, -0.05) is 6.07 Å². The van der Waals surface area contributed by atoms with Crippen LogP contribution in [0.2, 0.25) is 0 Å². The lowest BCUT2D eigenvalue weighted by Crippen LogP contribution is -2.09. The number of carbonyl (C=O) groups is 1. The summed E-state index contributed by atoms with van der Waals surface area (Å²) in [4.78, 5) is 22.9. The van der Waals surface area contributed by atoms with Crippen molar-refractivity contribution in [3.63, 3.8) is 0 Å². The standard InChI is InChI=1S/C21H18F3N5O2/c1-25-16(18-19(21(22,23)24)28-17-5-3-4-12-29(17)18)10-11-26-13-27-15-8-6-14(7-9-15)20(30)31-2/h3-12,27H,1,13H2,2H3/b16-10-,26-11-. The van der Waals surface area contributed by atoms with Crippen molar-refractivity contribution in [1.29, 1.82) is 0 Å². The van der Waals surface area contributed by atoms with Crippen molar-refractivity contribution in [3.8, 4) is 0 Å². The highest BCUT2D eigenvalue weighted by Gasteiger charge is 2.38. The summed E-state index contributed by atoms with van der Waals surface area (Å²) in [6.45, 7) is 3.53. The van der Waals surface area contributed by atoms with Crippen LogP contribution in [0.4, 0.5) is 18.9 Å². The van der Waals surface area contributed by atoms with Crippen LogP contribution >= 0.6 is 0 Å². The largest absolute Gasteiger partial charge is 0.465 e. The van der Waals surface area contributed by atoms with E-state index >= 15 is 0 Å². The maximum absolute atomic E-state index is 13.5. The van der Waals surface area contributed by atoms with Gasteiger partial charge in [0.05, 0.1) is 18.4 Å². The van der Waals surface area contributed by atoms with E-state index in [1.54, 1.807) is 36.4 Å². The van der Waals surface area contributed by atoms with Gasteiger partial charge >= 0.3 is 12.1 Å². The number of imidazole rings is 1. The molecule has 0 spiro atoms. The molecular weight excluding hydrogens is 411 g/mol. The summed E-state index contributed by atoms with van der Waals surface area (Å²) < 4.78 is 46.4. The van der Waals surface area contributed by atoms with E-state index in [1.807, 2.05) is 0 Å². The first-order chi connectivity index (χ1) is 14.8. The highest BCUT2D eigenvalue weighted by molar-refractivity contribution is 5.89. The van der Waals surface area contributed by atoms with E-state index in [1.165, 1.54) is 36.1 Å².